The third kappa shape index (κ3) is 1.99. The zero-order chi connectivity index (χ0) is 11.7. The van der Waals surface area contributed by atoms with Gasteiger partial charge in [0.1, 0.15) is 0 Å². The minimum atomic E-state index is -0.550. The van der Waals surface area contributed by atoms with E-state index >= 15 is 0 Å². The van der Waals surface area contributed by atoms with Crippen LogP contribution in [0.3, 0.4) is 0 Å². The van der Waals surface area contributed by atoms with Gasteiger partial charge >= 0.3 is 0 Å². The van der Waals surface area contributed by atoms with E-state index in [4.69, 9.17) is 5.73 Å². The number of nitrogens with zero attached hydrogens (tertiary/aromatic N) is 1. The van der Waals surface area contributed by atoms with Crippen LogP contribution in [0.2, 0.25) is 0 Å². The summed E-state index contributed by atoms with van der Waals surface area (Å²) < 4.78 is 1.000. The number of aromatic nitrogens is 2. The molecule has 3 N–H and O–H groups in total. The van der Waals surface area contributed by atoms with E-state index in [0.717, 1.165) is 21.4 Å². The maximum absolute atomic E-state index is 11.0. The lowest BCUT2D eigenvalue weighted by Crippen LogP contribution is -2.12. The van der Waals surface area contributed by atoms with Crippen molar-refractivity contribution >= 4 is 21.8 Å². The van der Waals surface area contributed by atoms with Gasteiger partial charge in [-0.1, -0.05) is 28.1 Å². The summed E-state index contributed by atoms with van der Waals surface area (Å²) in [6.45, 7) is 1.86. The Balaban J connectivity index is 2.47. The molecule has 1 heterocycles. The van der Waals surface area contributed by atoms with E-state index in [1.54, 1.807) is 0 Å². The fourth-order valence-electron chi connectivity index (χ4n) is 1.47. The standard InChI is InChI=1S/C11H10BrN3O/c1-6-9(15-11(14-6)10(13)16)7-2-4-8(12)5-3-7/h2-5H,1H3,(H2,13,16)(H,14,15). The average Bonchev–Trinajstić information content (AvgIpc) is 2.62. The molecule has 5 heteroatoms. The Kier molecular flexibility index (Phi) is 2.78. The first kappa shape index (κ1) is 10.9. The van der Waals surface area contributed by atoms with E-state index in [1.807, 2.05) is 31.2 Å². The summed E-state index contributed by atoms with van der Waals surface area (Å²) in [5.41, 5.74) is 7.69. The number of aryl methyl sites for hydroxylation is 1. The first-order valence-corrected chi connectivity index (χ1v) is 5.49. The molecule has 0 aliphatic rings. The normalized spacial score (nSPS) is 10.4. The smallest absolute Gasteiger partial charge is 0.284 e. The number of carbonyl (C=O) groups excluding carboxylic acids is 1. The molecule has 0 radical (unpaired) electrons. The summed E-state index contributed by atoms with van der Waals surface area (Å²) in [5, 5.41) is 0. The molecule has 0 aliphatic carbocycles. The maximum atomic E-state index is 11.0. The van der Waals surface area contributed by atoms with Crippen LogP contribution in [0.5, 0.6) is 0 Å². The number of nitrogens with two attached hydrogens (primary N) is 1. The molecule has 16 heavy (non-hydrogen) atoms. The van der Waals surface area contributed by atoms with Crippen molar-refractivity contribution in [3.63, 3.8) is 0 Å². The molecule has 1 amide bonds. The summed E-state index contributed by atoms with van der Waals surface area (Å²) in [5.74, 6) is -0.359. The van der Waals surface area contributed by atoms with Gasteiger partial charge in [0.25, 0.3) is 5.91 Å². The van der Waals surface area contributed by atoms with Crippen molar-refractivity contribution in [2.45, 2.75) is 6.92 Å². The number of rotatable bonds is 2. The number of halogens is 1. The Morgan fingerprint density at radius 1 is 1.38 bits per heavy atom. The van der Waals surface area contributed by atoms with Crippen LogP contribution in [0.1, 0.15) is 16.3 Å². The van der Waals surface area contributed by atoms with Gasteiger partial charge in [0.05, 0.1) is 5.69 Å². The topological polar surface area (TPSA) is 71.8 Å². The predicted octanol–water partition coefficient (Wildman–Crippen LogP) is 2.25. The highest BCUT2D eigenvalue weighted by molar-refractivity contribution is 9.10. The second-order valence-electron chi connectivity index (χ2n) is 3.43. The number of nitrogens with one attached hydrogen (secondary N) is 1. The maximum Gasteiger partial charge on any atom is 0.284 e. The van der Waals surface area contributed by atoms with Crippen LogP contribution in [0.15, 0.2) is 28.7 Å². The van der Waals surface area contributed by atoms with Crippen molar-refractivity contribution in [1.82, 2.24) is 9.97 Å². The van der Waals surface area contributed by atoms with Gasteiger partial charge < -0.3 is 10.7 Å². The molecule has 0 spiro atoms. The number of hydrogen-bond acceptors (Lipinski definition) is 2. The first-order valence-electron chi connectivity index (χ1n) is 4.70. The molecule has 2 aromatic rings. The molecule has 0 atom stereocenters. The van der Waals surface area contributed by atoms with Crippen molar-refractivity contribution in [2.24, 2.45) is 5.73 Å². The molecule has 1 aromatic heterocycles. The lowest BCUT2D eigenvalue weighted by atomic mass is 10.1. The van der Waals surface area contributed by atoms with E-state index in [-0.39, 0.29) is 5.82 Å². The highest BCUT2D eigenvalue weighted by Gasteiger charge is 2.11. The van der Waals surface area contributed by atoms with Gasteiger partial charge in [-0.2, -0.15) is 0 Å². The summed E-state index contributed by atoms with van der Waals surface area (Å²) in [4.78, 5) is 18.0. The van der Waals surface area contributed by atoms with E-state index in [0.29, 0.717) is 0 Å². The lowest BCUT2D eigenvalue weighted by molar-refractivity contribution is 0.0991. The number of carbonyl (C=O) groups is 1. The lowest BCUT2D eigenvalue weighted by Gasteiger charge is -1.98. The van der Waals surface area contributed by atoms with Crippen LogP contribution < -0.4 is 5.73 Å². The van der Waals surface area contributed by atoms with Crippen molar-refractivity contribution in [1.29, 1.82) is 0 Å². The van der Waals surface area contributed by atoms with E-state index in [2.05, 4.69) is 25.9 Å². The molecular formula is C11H10BrN3O. The average molecular weight is 280 g/mol. The van der Waals surface area contributed by atoms with Crippen LogP contribution in [0.25, 0.3) is 11.3 Å². The van der Waals surface area contributed by atoms with Crippen molar-refractivity contribution in [2.75, 3.05) is 0 Å². The number of H-pyrrole nitrogens is 1. The Hall–Kier alpha value is -1.62. The molecule has 0 saturated heterocycles. The highest BCUT2D eigenvalue weighted by atomic mass is 79.9. The van der Waals surface area contributed by atoms with E-state index in [9.17, 15) is 4.79 Å². The minimum Gasteiger partial charge on any atom is -0.363 e. The van der Waals surface area contributed by atoms with Crippen LogP contribution >= 0.6 is 15.9 Å². The van der Waals surface area contributed by atoms with Crippen molar-refractivity contribution in [3.8, 4) is 11.3 Å². The number of imidazole rings is 1. The number of aromatic amines is 1. The van der Waals surface area contributed by atoms with Crippen molar-refractivity contribution in [3.05, 3.63) is 40.3 Å². The Morgan fingerprint density at radius 3 is 2.50 bits per heavy atom. The number of benzene rings is 1. The van der Waals surface area contributed by atoms with Gasteiger partial charge in [-0.25, -0.2) is 4.98 Å². The summed E-state index contributed by atoms with van der Waals surface area (Å²) in [6.07, 6.45) is 0. The molecule has 0 aliphatic heterocycles. The van der Waals surface area contributed by atoms with Gasteiger partial charge in [-0.15, -0.1) is 0 Å². The largest absolute Gasteiger partial charge is 0.363 e. The van der Waals surface area contributed by atoms with Crippen LogP contribution in [0.4, 0.5) is 0 Å². The van der Waals surface area contributed by atoms with Gasteiger partial charge in [0, 0.05) is 15.7 Å². The number of hydrogen-bond donors (Lipinski definition) is 2. The van der Waals surface area contributed by atoms with Crippen molar-refractivity contribution < 1.29 is 4.79 Å². The second-order valence-corrected chi connectivity index (χ2v) is 4.35. The van der Waals surface area contributed by atoms with Gasteiger partial charge in [-0.05, 0) is 19.1 Å². The van der Waals surface area contributed by atoms with Crippen LogP contribution in [0, 0.1) is 6.92 Å². The fraction of sp³-hybridized carbons (Fsp3) is 0.0909. The second kappa shape index (κ2) is 4.09. The predicted molar refractivity (Wildman–Crippen MR) is 65.0 cm³/mol. The summed E-state index contributed by atoms with van der Waals surface area (Å²) >= 11 is 3.36. The monoisotopic (exact) mass is 279 g/mol. The third-order valence-electron chi connectivity index (χ3n) is 2.24. The van der Waals surface area contributed by atoms with Gasteiger partial charge in [0.2, 0.25) is 0 Å². The van der Waals surface area contributed by atoms with E-state index in [1.165, 1.54) is 0 Å². The minimum absolute atomic E-state index is 0.190. The SMILES string of the molecule is Cc1[nH]c(C(N)=O)nc1-c1ccc(Br)cc1. The Morgan fingerprint density at radius 2 is 2.00 bits per heavy atom. The molecule has 0 unspecified atom stereocenters. The Labute approximate surface area is 101 Å². The number of amides is 1. The highest BCUT2D eigenvalue weighted by Crippen LogP contribution is 2.22. The molecule has 82 valence electrons. The zero-order valence-corrected chi connectivity index (χ0v) is 10.2. The summed E-state index contributed by atoms with van der Waals surface area (Å²) in [7, 11) is 0. The molecule has 1 aromatic carbocycles. The van der Waals surface area contributed by atoms with Gasteiger partial charge in [0.15, 0.2) is 5.82 Å². The molecular weight excluding hydrogens is 270 g/mol. The van der Waals surface area contributed by atoms with E-state index < -0.39 is 5.91 Å². The first-order chi connectivity index (χ1) is 7.58. The quantitative estimate of drug-likeness (QED) is 0.885. The zero-order valence-electron chi connectivity index (χ0n) is 8.62. The molecule has 2 rings (SSSR count). The van der Waals surface area contributed by atoms with Gasteiger partial charge in [-0.3, -0.25) is 4.79 Å². The Bertz CT molecular complexity index is 531. The fourth-order valence-corrected chi connectivity index (χ4v) is 1.73. The third-order valence-corrected chi connectivity index (χ3v) is 2.76. The molecule has 4 nitrogen and oxygen atoms in total. The molecule has 0 bridgehead atoms. The summed E-state index contributed by atoms with van der Waals surface area (Å²) in [6, 6.07) is 7.71. The van der Waals surface area contributed by atoms with Crippen LogP contribution in [-0.2, 0) is 0 Å². The molecule has 0 saturated carbocycles. The van der Waals surface area contributed by atoms with Crippen LogP contribution in [-0.4, -0.2) is 15.9 Å². The molecule has 0 fully saturated rings. The number of primary amides is 1.